The maximum absolute atomic E-state index is 12.0. The summed E-state index contributed by atoms with van der Waals surface area (Å²) in [4.78, 5) is 23.9. The Morgan fingerprint density at radius 2 is 0.939 bits per heavy atom. The molecule has 0 saturated carbocycles. The number of unbranched alkanes of at least 4 members (excludes halogenated alkanes) is 18. The first kappa shape index (κ1) is 46.8. The molecule has 0 heterocycles. The van der Waals surface area contributed by atoms with Crippen LogP contribution in [-0.4, -0.2) is 58.8 Å². The molecule has 3 N–H and O–H groups in total. The van der Waals surface area contributed by atoms with Crippen LogP contribution < -0.4 is 0 Å². The van der Waals surface area contributed by atoms with Gasteiger partial charge in [-0.25, -0.2) is 0 Å². The molecule has 7 heteroatoms. The van der Waals surface area contributed by atoms with Gasteiger partial charge in [0.15, 0.2) is 0 Å². The van der Waals surface area contributed by atoms with E-state index in [0.717, 1.165) is 25.7 Å². The van der Waals surface area contributed by atoms with Crippen molar-refractivity contribution >= 4 is 11.9 Å². The van der Waals surface area contributed by atoms with Crippen molar-refractivity contribution in [2.45, 2.75) is 193 Å². The van der Waals surface area contributed by atoms with Gasteiger partial charge in [0, 0.05) is 12.8 Å². The Labute approximate surface area is 300 Å². The third-order valence-corrected chi connectivity index (χ3v) is 8.51. The summed E-state index contributed by atoms with van der Waals surface area (Å²) in [5, 5.41) is 30.0. The predicted octanol–water partition coefficient (Wildman–Crippen LogP) is 10.2. The van der Waals surface area contributed by atoms with E-state index >= 15 is 0 Å². The highest BCUT2D eigenvalue weighted by Crippen LogP contribution is 2.14. The first-order valence-electron chi connectivity index (χ1n) is 19.9. The molecule has 3 atom stereocenters. The minimum Gasteiger partial charge on any atom is -0.463 e. The first-order valence-corrected chi connectivity index (χ1v) is 19.9. The molecule has 284 valence electrons. The molecule has 49 heavy (non-hydrogen) atoms. The largest absolute Gasteiger partial charge is 0.463 e. The molecule has 0 aliphatic carbocycles. The Kier molecular flexibility index (Phi) is 35.4. The molecule has 0 fully saturated rings. The molecule has 0 rings (SSSR count). The lowest BCUT2D eigenvalue weighted by Gasteiger charge is -2.12. The average molecular weight is 691 g/mol. The molecule has 0 spiro atoms. The number of rotatable bonds is 35. The number of hydrogen-bond donors (Lipinski definition) is 3. The van der Waals surface area contributed by atoms with Gasteiger partial charge in [0.05, 0.1) is 12.2 Å². The normalized spacial score (nSPS) is 14.0. The predicted molar refractivity (Wildman–Crippen MR) is 203 cm³/mol. The molecule has 0 unspecified atom stereocenters. The summed E-state index contributed by atoms with van der Waals surface area (Å²) in [5.74, 6) is -0.795. The number of aliphatic hydroxyl groups is 3. The van der Waals surface area contributed by atoms with Crippen LogP contribution in [0.1, 0.15) is 174 Å². The van der Waals surface area contributed by atoms with Gasteiger partial charge < -0.3 is 24.8 Å². The van der Waals surface area contributed by atoms with Gasteiger partial charge in [-0.1, -0.05) is 172 Å². The van der Waals surface area contributed by atoms with Gasteiger partial charge in [-0.2, -0.15) is 0 Å². The maximum atomic E-state index is 12.0. The molecule has 0 aliphatic rings. The third kappa shape index (κ3) is 36.9. The second-order valence-corrected chi connectivity index (χ2v) is 13.5. The topological polar surface area (TPSA) is 113 Å². The highest BCUT2D eigenvalue weighted by atomic mass is 16.6. The molecule has 0 radical (unpaired) electrons. The van der Waals surface area contributed by atoms with Gasteiger partial charge in [-0.15, -0.1) is 0 Å². The SMILES string of the molecule is CCCCC/C=C\C[C@@H](O)/C=C/C=C/C=C\[C@@H](O)CCCC(=O)OC[C@@H](O)COC(=O)CCCCCCCCCCCCCCCCCC. The summed E-state index contributed by atoms with van der Waals surface area (Å²) in [5.41, 5.74) is 0. The fourth-order valence-corrected chi connectivity index (χ4v) is 5.40. The van der Waals surface area contributed by atoms with Crippen molar-refractivity contribution in [3.63, 3.8) is 0 Å². The van der Waals surface area contributed by atoms with Crippen LogP contribution in [0.2, 0.25) is 0 Å². The maximum Gasteiger partial charge on any atom is 0.305 e. The number of ether oxygens (including phenoxy) is 2. The van der Waals surface area contributed by atoms with E-state index in [1.165, 1.54) is 103 Å². The molecule has 0 aromatic carbocycles. The molecule has 0 aromatic heterocycles. The Morgan fingerprint density at radius 3 is 1.45 bits per heavy atom. The van der Waals surface area contributed by atoms with Crippen molar-refractivity contribution < 1.29 is 34.4 Å². The van der Waals surface area contributed by atoms with Gasteiger partial charge >= 0.3 is 11.9 Å². The van der Waals surface area contributed by atoms with Crippen LogP contribution in [0.5, 0.6) is 0 Å². The summed E-state index contributed by atoms with van der Waals surface area (Å²) in [6.07, 6.45) is 39.4. The van der Waals surface area contributed by atoms with E-state index in [-0.39, 0.29) is 25.6 Å². The molecular formula is C42H74O7. The lowest BCUT2D eigenvalue weighted by molar-refractivity contribution is -0.152. The summed E-state index contributed by atoms with van der Waals surface area (Å²) in [6, 6.07) is 0. The van der Waals surface area contributed by atoms with Gasteiger partial charge in [0.2, 0.25) is 0 Å². The number of allylic oxidation sites excluding steroid dienone is 5. The quantitative estimate of drug-likeness (QED) is 0.0262. The Bertz CT molecular complexity index is 863. The second-order valence-electron chi connectivity index (χ2n) is 13.5. The Balaban J connectivity index is 3.68. The van der Waals surface area contributed by atoms with E-state index in [4.69, 9.17) is 9.47 Å². The minimum atomic E-state index is -1.05. The van der Waals surface area contributed by atoms with E-state index in [1.54, 1.807) is 36.5 Å². The van der Waals surface area contributed by atoms with Gasteiger partial charge in [-0.3, -0.25) is 9.59 Å². The van der Waals surface area contributed by atoms with Gasteiger partial charge in [-0.05, 0) is 38.5 Å². The van der Waals surface area contributed by atoms with Crippen LogP contribution in [0.25, 0.3) is 0 Å². The molecular weight excluding hydrogens is 616 g/mol. The molecule has 0 aromatic rings. The molecule has 0 amide bonds. The van der Waals surface area contributed by atoms with E-state index in [2.05, 4.69) is 19.9 Å². The van der Waals surface area contributed by atoms with Crippen molar-refractivity contribution in [2.24, 2.45) is 0 Å². The van der Waals surface area contributed by atoms with E-state index in [1.807, 2.05) is 6.08 Å². The fraction of sp³-hybridized carbons (Fsp3) is 0.762. The Hall–Kier alpha value is -2.22. The molecule has 0 saturated heterocycles. The van der Waals surface area contributed by atoms with Crippen molar-refractivity contribution in [1.29, 1.82) is 0 Å². The standard InChI is InChI=1S/C42H74O7/c1-3-5-7-9-11-12-13-14-15-16-17-18-19-20-22-28-34-41(46)48-36-40(45)37-49-42(47)35-29-33-39(44)32-27-24-23-26-31-38(43)30-25-21-10-8-6-4-2/h21,23-27,31-32,38-40,43-45H,3-20,22,28-30,33-37H2,1-2H3/b24-23+,25-21-,31-26+,32-27-/t38-,39-,40+/m1/s1. The average Bonchev–Trinajstić information content (AvgIpc) is 3.09. The van der Waals surface area contributed by atoms with Crippen LogP contribution in [0.15, 0.2) is 48.6 Å². The third-order valence-electron chi connectivity index (χ3n) is 8.51. The highest BCUT2D eigenvalue weighted by molar-refractivity contribution is 5.69. The summed E-state index contributed by atoms with van der Waals surface area (Å²) in [6.45, 7) is 4.03. The van der Waals surface area contributed by atoms with Gasteiger partial charge in [0.1, 0.15) is 19.3 Å². The van der Waals surface area contributed by atoms with Crippen molar-refractivity contribution in [1.82, 2.24) is 0 Å². The fourth-order valence-electron chi connectivity index (χ4n) is 5.40. The van der Waals surface area contributed by atoms with Crippen LogP contribution in [0.3, 0.4) is 0 Å². The molecule has 7 nitrogen and oxygen atoms in total. The number of esters is 2. The van der Waals surface area contributed by atoms with Gasteiger partial charge in [0.25, 0.3) is 0 Å². The number of hydrogen-bond acceptors (Lipinski definition) is 7. The van der Waals surface area contributed by atoms with Crippen molar-refractivity contribution in [3.8, 4) is 0 Å². The van der Waals surface area contributed by atoms with E-state index < -0.39 is 24.3 Å². The number of aliphatic hydroxyl groups excluding tert-OH is 3. The van der Waals surface area contributed by atoms with Crippen molar-refractivity contribution in [2.75, 3.05) is 13.2 Å². The highest BCUT2D eigenvalue weighted by Gasteiger charge is 2.12. The smallest absolute Gasteiger partial charge is 0.305 e. The number of carbonyl (C=O) groups is 2. The zero-order chi connectivity index (χ0) is 36.0. The zero-order valence-corrected chi connectivity index (χ0v) is 31.4. The van der Waals surface area contributed by atoms with E-state index in [9.17, 15) is 24.9 Å². The lowest BCUT2D eigenvalue weighted by atomic mass is 10.0. The molecule has 0 bridgehead atoms. The zero-order valence-electron chi connectivity index (χ0n) is 31.4. The lowest BCUT2D eigenvalue weighted by Crippen LogP contribution is -2.25. The minimum absolute atomic E-state index is 0.125. The van der Waals surface area contributed by atoms with E-state index in [0.29, 0.717) is 25.7 Å². The summed E-state index contributed by atoms with van der Waals surface area (Å²) in [7, 11) is 0. The Morgan fingerprint density at radius 1 is 0.510 bits per heavy atom. The van der Waals surface area contributed by atoms with Crippen LogP contribution in [0, 0.1) is 0 Å². The summed E-state index contributed by atoms with van der Waals surface area (Å²) < 4.78 is 10.2. The number of carbonyl (C=O) groups excluding carboxylic acids is 2. The summed E-state index contributed by atoms with van der Waals surface area (Å²) >= 11 is 0. The molecule has 0 aliphatic heterocycles. The van der Waals surface area contributed by atoms with Crippen molar-refractivity contribution in [3.05, 3.63) is 48.6 Å². The first-order chi connectivity index (χ1) is 23.9. The van der Waals surface area contributed by atoms with Crippen LogP contribution in [0.4, 0.5) is 0 Å². The van der Waals surface area contributed by atoms with Crippen LogP contribution >= 0.6 is 0 Å². The second kappa shape index (κ2) is 37.0. The van der Waals surface area contributed by atoms with Crippen LogP contribution in [-0.2, 0) is 19.1 Å². The monoisotopic (exact) mass is 691 g/mol.